The van der Waals surface area contributed by atoms with Gasteiger partial charge in [0.2, 0.25) is 5.91 Å². The zero-order valence-electron chi connectivity index (χ0n) is 9.47. The molecule has 18 heavy (non-hydrogen) atoms. The highest BCUT2D eigenvalue weighted by Crippen LogP contribution is 2.33. The molecule has 0 aliphatic heterocycles. The Labute approximate surface area is 102 Å². The monoisotopic (exact) mass is 246 g/mol. The molecule has 0 aliphatic rings. The summed E-state index contributed by atoms with van der Waals surface area (Å²) in [5.41, 5.74) is 0.145. The van der Waals surface area contributed by atoms with Gasteiger partial charge in [0.15, 0.2) is 5.75 Å². The van der Waals surface area contributed by atoms with Gasteiger partial charge in [0.25, 0.3) is 0 Å². The van der Waals surface area contributed by atoms with E-state index in [0.717, 1.165) is 0 Å². The Kier molecular flexibility index (Phi) is 2.85. The number of phenolic OH excluding ortho intramolecular Hbond substituents is 1. The number of nitrogens with one attached hydrogen (secondary N) is 1. The lowest BCUT2D eigenvalue weighted by Crippen LogP contribution is -2.08. The third-order valence-electron chi connectivity index (χ3n) is 2.41. The Balaban J connectivity index is 2.78. The number of carboxylic acid groups (broad SMARTS) is 1. The van der Waals surface area contributed by atoms with E-state index >= 15 is 0 Å². The lowest BCUT2D eigenvalue weighted by Gasteiger charge is -2.10. The summed E-state index contributed by atoms with van der Waals surface area (Å²) < 4.78 is 0. The van der Waals surface area contributed by atoms with E-state index in [1.807, 2.05) is 0 Å². The van der Waals surface area contributed by atoms with Crippen molar-refractivity contribution in [3.05, 3.63) is 30.0 Å². The van der Waals surface area contributed by atoms with Crippen molar-refractivity contribution in [3.63, 3.8) is 0 Å². The van der Waals surface area contributed by atoms with E-state index in [1.165, 1.54) is 19.2 Å². The smallest absolute Gasteiger partial charge is 0.336 e. The number of hydrogen-bond acceptors (Lipinski definition) is 4. The van der Waals surface area contributed by atoms with E-state index in [2.05, 4.69) is 10.3 Å². The standard InChI is InChI=1S/C12H10N2O4/c1-6(15)14-9-5-8(12(17)18)7-3-2-4-13-10(7)11(9)16/h2-5,16H,1H3,(H,14,15)(H,17,18). The van der Waals surface area contributed by atoms with Crippen molar-refractivity contribution >= 4 is 28.5 Å². The highest BCUT2D eigenvalue weighted by Gasteiger charge is 2.16. The largest absolute Gasteiger partial charge is 0.504 e. The predicted octanol–water partition coefficient (Wildman–Crippen LogP) is 1.60. The molecule has 0 saturated carbocycles. The van der Waals surface area contributed by atoms with E-state index in [4.69, 9.17) is 5.11 Å². The molecule has 6 nitrogen and oxygen atoms in total. The van der Waals surface area contributed by atoms with Gasteiger partial charge in [0.1, 0.15) is 5.52 Å². The number of carbonyl (C=O) groups is 2. The van der Waals surface area contributed by atoms with Gasteiger partial charge < -0.3 is 15.5 Å². The maximum absolute atomic E-state index is 11.1. The first-order valence-corrected chi connectivity index (χ1v) is 5.12. The van der Waals surface area contributed by atoms with Crippen molar-refractivity contribution < 1.29 is 19.8 Å². The molecular weight excluding hydrogens is 236 g/mol. The zero-order chi connectivity index (χ0) is 13.3. The van der Waals surface area contributed by atoms with Crippen LogP contribution in [0.1, 0.15) is 17.3 Å². The molecular formula is C12H10N2O4. The van der Waals surface area contributed by atoms with E-state index in [9.17, 15) is 14.7 Å². The van der Waals surface area contributed by atoms with E-state index in [-0.39, 0.29) is 22.5 Å². The van der Waals surface area contributed by atoms with Crippen molar-refractivity contribution in [2.24, 2.45) is 0 Å². The minimum Gasteiger partial charge on any atom is -0.504 e. The molecule has 2 aromatic rings. The fourth-order valence-electron chi connectivity index (χ4n) is 1.69. The number of hydrogen-bond donors (Lipinski definition) is 3. The number of carboxylic acids is 1. The van der Waals surface area contributed by atoms with E-state index in [1.54, 1.807) is 12.1 Å². The van der Waals surface area contributed by atoms with Crippen LogP contribution in [-0.4, -0.2) is 27.1 Å². The summed E-state index contributed by atoms with van der Waals surface area (Å²) in [4.78, 5) is 26.1. The fourth-order valence-corrected chi connectivity index (χ4v) is 1.69. The molecule has 0 bridgehead atoms. The Hall–Kier alpha value is -2.63. The molecule has 0 saturated heterocycles. The number of aromatic nitrogens is 1. The average Bonchev–Trinajstić information content (AvgIpc) is 2.32. The number of nitrogens with zero attached hydrogens (tertiary/aromatic N) is 1. The van der Waals surface area contributed by atoms with Gasteiger partial charge in [-0.2, -0.15) is 0 Å². The van der Waals surface area contributed by atoms with Crippen LogP contribution < -0.4 is 5.32 Å². The zero-order valence-corrected chi connectivity index (χ0v) is 9.47. The molecule has 0 unspecified atom stereocenters. The Bertz CT molecular complexity index is 652. The van der Waals surface area contributed by atoms with Crippen molar-refractivity contribution in [2.45, 2.75) is 6.92 Å². The van der Waals surface area contributed by atoms with Crippen LogP contribution in [0.3, 0.4) is 0 Å². The van der Waals surface area contributed by atoms with Crippen molar-refractivity contribution in [3.8, 4) is 5.75 Å². The number of amides is 1. The van der Waals surface area contributed by atoms with Gasteiger partial charge in [-0.1, -0.05) is 6.07 Å². The average molecular weight is 246 g/mol. The molecule has 0 spiro atoms. The normalized spacial score (nSPS) is 10.3. The number of aromatic hydroxyl groups is 1. The lowest BCUT2D eigenvalue weighted by molar-refractivity contribution is -0.114. The van der Waals surface area contributed by atoms with Gasteiger partial charge >= 0.3 is 5.97 Å². The fraction of sp³-hybridized carbons (Fsp3) is 0.0833. The van der Waals surface area contributed by atoms with Crippen LogP contribution in [0.15, 0.2) is 24.4 Å². The quantitative estimate of drug-likeness (QED) is 0.699. The lowest BCUT2D eigenvalue weighted by atomic mass is 10.1. The van der Waals surface area contributed by atoms with E-state index in [0.29, 0.717) is 5.39 Å². The molecule has 0 atom stereocenters. The number of carbonyl (C=O) groups excluding carboxylic acids is 1. The van der Waals surface area contributed by atoms with Crippen LogP contribution in [0.25, 0.3) is 10.9 Å². The number of anilines is 1. The van der Waals surface area contributed by atoms with Gasteiger partial charge in [-0.15, -0.1) is 0 Å². The second-order valence-corrected chi connectivity index (χ2v) is 3.71. The predicted molar refractivity (Wildman–Crippen MR) is 64.7 cm³/mol. The Morgan fingerprint density at radius 3 is 2.72 bits per heavy atom. The van der Waals surface area contributed by atoms with Crippen LogP contribution in [0.4, 0.5) is 5.69 Å². The van der Waals surface area contributed by atoms with Crippen LogP contribution in [-0.2, 0) is 4.79 Å². The summed E-state index contributed by atoms with van der Waals surface area (Å²) in [6, 6.07) is 4.33. The number of pyridine rings is 1. The number of phenols is 1. The summed E-state index contributed by atoms with van der Waals surface area (Å²) in [5.74, 6) is -1.80. The molecule has 1 aromatic heterocycles. The first-order valence-electron chi connectivity index (χ1n) is 5.12. The molecule has 6 heteroatoms. The van der Waals surface area contributed by atoms with E-state index < -0.39 is 11.9 Å². The summed E-state index contributed by atoms with van der Waals surface area (Å²) in [7, 11) is 0. The molecule has 1 amide bonds. The number of aromatic carboxylic acids is 1. The maximum Gasteiger partial charge on any atom is 0.336 e. The summed E-state index contributed by atoms with van der Waals surface area (Å²) in [5, 5.41) is 21.7. The first kappa shape index (κ1) is 11.8. The summed E-state index contributed by atoms with van der Waals surface area (Å²) >= 11 is 0. The highest BCUT2D eigenvalue weighted by molar-refractivity contribution is 6.08. The third-order valence-corrected chi connectivity index (χ3v) is 2.41. The SMILES string of the molecule is CC(=O)Nc1cc(C(=O)O)c2cccnc2c1O. The molecule has 0 fully saturated rings. The summed E-state index contributed by atoms with van der Waals surface area (Å²) in [6.45, 7) is 1.27. The summed E-state index contributed by atoms with van der Waals surface area (Å²) in [6.07, 6.45) is 1.44. The first-order chi connectivity index (χ1) is 8.50. The van der Waals surface area contributed by atoms with Gasteiger partial charge in [-0.05, 0) is 12.1 Å². The van der Waals surface area contributed by atoms with Gasteiger partial charge in [-0.3, -0.25) is 9.78 Å². The molecule has 2 rings (SSSR count). The second-order valence-electron chi connectivity index (χ2n) is 3.71. The Morgan fingerprint density at radius 2 is 2.11 bits per heavy atom. The molecule has 3 N–H and O–H groups in total. The van der Waals surface area contributed by atoms with Gasteiger partial charge in [-0.25, -0.2) is 4.79 Å². The van der Waals surface area contributed by atoms with Crippen LogP contribution in [0, 0.1) is 0 Å². The van der Waals surface area contributed by atoms with Crippen LogP contribution >= 0.6 is 0 Å². The second kappa shape index (κ2) is 4.33. The van der Waals surface area contributed by atoms with Gasteiger partial charge in [0.05, 0.1) is 11.3 Å². The van der Waals surface area contributed by atoms with Crippen LogP contribution in [0.5, 0.6) is 5.75 Å². The minimum atomic E-state index is -1.15. The molecule has 0 aliphatic carbocycles. The Morgan fingerprint density at radius 1 is 1.39 bits per heavy atom. The molecule has 0 radical (unpaired) electrons. The van der Waals surface area contributed by atoms with Crippen molar-refractivity contribution in [1.29, 1.82) is 0 Å². The number of rotatable bonds is 2. The van der Waals surface area contributed by atoms with Crippen LogP contribution in [0.2, 0.25) is 0 Å². The van der Waals surface area contributed by atoms with Gasteiger partial charge in [0, 0.05) is 18.5 Å². The number of benzene rings is 1. The maximum atomic E-state index is 11.1. The number of fused-ring (bicyclic) bond motifs is 1. The van der Waals surface area contributed by atoms with Crippen molar-refractivity contribution in [2.75, 3.05) is 5.32 Å². The molecule has 1 heterocycles. The minimum absolute atomic E-state index is 0.0281. The third kappa shape index (κ3) is 1.95. The molecule has 1 aromatic carbocycles. The van der Waals surface area contributed by atoms with Crippen molar-refractivity contribution in [1.82, 2.24) is 4.98 Å². The topological polar surface area (TPSA) is 99.5 Å². The molecule has 92 valence electrons. The highest BCUT2D eigenvalue weighted by atomic mass is 16.4.